The molecule has 5 heteroatoms. The Hall–Kier alpha value is -1.46. The topological polar surface area (TPSA) is 45.1 Å². The van der Waals surface area contributed by atoms with E-state index in [9.17, 15) is 4.79 Å². The maximum atomic E-state index is 13.3. The average Bonchev–Trinajstić information content (AvgIpc) is 3.55. The standard InChI is InChI=1S/C50H93N3O2/c1-5-9-11-13-15-17-19-21-23-25-27-29-31-33-36-41-50(42-37-34-32-30-28-26-24-22-20-18-16-14-12-10-6-2)46-51-48(49(54)55-8-4)53(50)45-39-44-52-43-38-35-40-47(52)7-3/h21-24,46-48H,5-20,25-45H2,1-4H3/b23-21-,24-22?. The van der Waals surface area contributed by atoms with Gasteiger partial charge in [0.1, 0.15) is 0 Å². The third-order valence-corrected chi connectivity index (χ3v) is 12.6. The van der Waals surface area contributed by atoms with E-state index in [2.05, 4.69) is 61.1 Å². The summed E-state index contributed by atoms with van der Waals surface area (Å²) in [4.78, 5) is 23.5. The van der Waals surface area contributed by atoms with E-state index in [0.29, 0.717) is 6.61 Å². The van der Waals surface area contributed by atoms with E-state index >= 15 is 0 Å². The maximum absolute atomic E-state index is 13.3. The van der Waals surface area contributed by atoms with Crippen LogP contribution in [0.4, 0.5) is 0 Å². The molecule has 1 fully saturated rings. The van der Waals surface area contributed by atoms with Gasteiger partial charge >= 0.3 is 5.97 Å². The quantitative estimate of drug-likeness (QED) is 0.0359. The molecular weight excluding hydrogens is 675 g/mol. The number of carbonyl (C=O) groups excluding carboxylic acids is 1. The lowest BCUT2D eigenvalue weighted by molar-refractivity contribution is -0.150. The van der Waals surface area contributed by atoms with Gasteiger partial charge in [-0.3, -0.25) is 9.89 Å². The van der Waals surface area contributed by atoms with Crippen molar-refractivity contribution in [1.82, 2.24) is 9.80 Å². The van der Waals surface area contributed by atoms with Crippen LogP contribution in [0, 0.1) is 0 Å². The van der Waals surface area contributed by atoms with Gasteiger partial charge in [0.25, 0.3) is 0 Å². The van der Waals surface area contributed by atoms with Gasteiger partial charge in [0.05, 0.1) is 12.1 Å². The number of nitrogens with zero attached hydrogens (tertiary/aromatic N) is 3. The second-order valence-electron chi connectivity index (χ2n) is 17.3. The first-order valence-corrected chi connectivity index (χ1v) is 24.6. The molecule has 2 aliphatic rings. The first-order chi connectivity index (χ1) is 27.1. The van der Waals surface area contributed by atoms with Crippen LogP contribution in [-0.4, -0.2) is 66.0 Å². The third-order valence-electron chi connectivity index (χ3n) is 12.6. The summed E-state index contributed by atoms with van der Waals surface area (Å²) in [6.07, 6.45) is 54.4. The fourth-order valence-corrected chi connectivity index (χ4v) is 9.16. The van der Waals surface area contributed by atoms with Crippen LogP contribution in [-0.2, 0) is 9.53 Å². The number of carbonyl (C=O) groups is 1. The summed E-state index contributed by atoms with van der Waals surface area (Å²) >= 11 is 0. The molecule has 0 radical (unpaired) electrons. The Balaban J connectivity index is 1.86. The zero-order chi connectivity index (χ0) is 39.5. The number of unbranched alkanes of at least 4 members (excludes halogenated alkanes) is 22. The van der Waals surface area contributed by atoms with E-state index in [1.165, 1.54) is 199 Å². The lowest BCUT2D eigenvalue weighted by Gasteiger charge is -2.40. The SMILES string of the molecule is CCCCCCCCC=CCCCCCCCC1(CCCCCCC/C=C\CCCCCCCC)C=NC(C(=O)OCC)N1CCCN1CCCCC1CC. The molecule has 0 spiro atoms. The normalized spacial score (nSPS) is 20.8. The van der Waals surface area contributed by atoms with E-state index < -0.39 is 6.17 Å². The molecule has 2 heterocycles. The van der Waals surface area contributed by atoms with Gasteiger partial charge in [0.2, 0.25) is 6.17 Å². The number of aliphatic imine (C=N–C) groups is 1. The average molecular weight is 768 g/mol. The molecule has 3 unspecified atom stereocenters. The van der Waals surface area contributed by atoms with Crippen molar-refractivity contribution in [2.24, 2.45) is 4.99 Å². The number of piperidine rings is 1. The Morgan fingerprint density at radius 3 is 1.56 bits per heavy atom. The van der Waals surface area contributed by atoms with Crippen molar-refractivity contribution in [1.29, 1.82) is 0 Å². The van der Waals surface area contributed by atoms with E-state index in [0.717, 1.165) is 38.4 Å². The van der Waals surface area contributed by atoms with Gasteiger partial charge in [0.15, 0.2) is 0 Å². The van der Waals surface area contributed by atoms with Crippen LogP contribution in [0.25, 0.3) is 0 Å². The largest absolute Gasteiger partial charge is 0.463 e. The van der Waals surface area contributed by atoms with Gasteiger partial charge in [-0.15, -0.1) is 0 Å². The summed E-state index contributed by atoms with van der Waals surface area (Å²) in [5.74, 6) is -0.154. The highest BCUT2D eigenvalue weighted by Gasteiger charge is 2.46. The molecule has 3 atom stereocenters. The summed E-state index contributed by atoms with van der Waals surface area (Å²) in [5.41, 5.74) is -0.123. The van der Waals surface area contributed by atoms with E-state index in [-0.39, 0.29) is 11.5 Å². The smallest absolute Gasteiger partial charge is 0.346 e. The van der Waals surface area contributed by atoms with Crippen LogP contribution in [0.3, 0.4) is 0 Å². The molecule has 320 valence electrons. The molecule has 2 rings (SSSR count). The molecule has 0 amide bonds. The van der Waals surface area contributed by atoms with Crippen LogP contribution < -0.4 is 0 Å². The Kier molecular flexibility index (Phi) is 31.2. The summed E-state index contributed by atoms with van der Waals surface area (Å²) in [6.45, 7) is 12.5. The Labute approximate surface area is 343 Å². The minimum Gasteiger partial charge on any atom is -0.463 e. The molecule has 0 aromatic carbocycles. The fraction of sp³-hybridized carbons (Fsp3) is 0.880. The van der Waals surface area contributed by atoms with Crippen LogP contribution in [0.1, 0.15) is 240 Å². The van der Waals surface area contributed by atoms with E-state index in [1.807, 2.05) is 6.92 Å². The zero-order valence-corrected chi connectivity index (χ0v) is 37.4. The number of esters is 1. The molecule has 0 aromatic rings. The van der Waals surface area contributed by atoms with Crippen molar-refractivity contribution in [2.45, 2.75) is 257 Å². The molecule has 0 aliphatic carbocycles. The van der Waals surface area contributed by atoms with Gasteiger partial charge in [-0.1, -0.05) is 167 Å². The monoisotopic (exact) mass is 768 g/mol. The Bertz CT molecular complexity index is 936. The lowest BCUT2D eigenvalue weighted by atomic mass is 9.85. The Morgan fingerprint density at radius 1 is 0.618 bits per heavy atom. The van der Waals surface area contributed by atoms with Gasteiger partial charge < -0.3 is 9.64 Å². The molecule has 1 saturated heterocycles. The van der Waals surface area contributed by atoms with Gasteiger partial charge in [-0.2, -0.15) is 0 Å². The van der Waals surface area contributed by atoms with Crippen molar-refractivity contribution in [2.75, 3.05) is 26.2 Å². The van der Waals surface area contributed by atoms with Crippen LogP contribution in [0.5, 0.6) is 0 Å². The minimum absolute atomic E-state index is 0.123. The predicted octanol–water partition coefficient (Wildman–Crippen LogP) is 14.7. The fourth-order valence-electron chi connectivity index (χ4n) is 9.16. The Morgan fingerprint density at radius 2 is 1.09 bits per heavy atom. The van der Waals surface area contributed by atoms with Gasteiger partial charge in [-0.25, -0.2) is 4.79 Å². The van der Waals surface area contributed by atoms with Crippen molar-refractivity contribution in [3.8, 4) is 0 Å². The highest BCUT2D eigenvalue weighted by Crippen LogP contribution is 2.35. The molecule has 55 heavy (non-hydrogen) atoms. The number of hydrogen-bond acceptors (Lipinski definition) is 5. The molecule has 0 bridgehead atoms. The van der Waals surface area contributed by atoms with Crippen LogP contribution >= 0.6 is 0 Å². The predicted molar refractivity (Wildman–Crippen MR) is 241 cm³/mol. The summed E-state index contributed by atoms with van der Waals surface area (Å²) in [5, 5.41) is 0. The summed E-state index contributed by atoms with van der Waals surface area (Å²) < 4.78 is 5.63. The molecular formula is C50H93N3O2. The van der Waals surface area contributed by atoms with Gasteiger partial charge in [0, 0.05) is 18.8 Å². The van der Waals surface area contributed by atoms with Crippen molar-refractivity contribution in [3.63, 3.8) is 0 Å². The maximum Gasteiger partial charge on any atom is 0.346 e. The van der Waals surface area contributed by atoms with Crippen molar-refractivity contribution in [3.05, 3.63) is 24.3 Å². The summed E-state index contributed by atoms with van der Waals surface area (Å²) in [7, 11) is 0. The lowest BCUT2D eigenvalue weighted by Crippen LogP contribution is -2.53. The summed E-state index contributed by atoms with van der Waals surface area (Å²) in [6, 6.07) is 0.723. The minimum atomic E-state index is -0.477. The highest BCUT2D eigenvalue weighted by molar-refractivity contribution is 5.84. The second kappa shape index (κ2) is 34.6. The number of likely N-dealkylation sites (tertiary alicyclic amines) is 1. The molecule has 5 nitrogen and oxygen atoms in total. The highest BCUT2D eigenvalue weighted by atomic mass is 16.5. The van der Waals surface area contributed by atoms with Crippen LogP contribution in [0.15, 0.2) is 29.3 Å². The van der Waals surface area contributed by atoms with E-state index in [4.69, 9.17) is 9.73 Å². The number of rotatable bonds is 37. The number of allylic oxidation sites excluding steroid dienone is 4. The molecule has 0 saturated carbocycles. The van der Waals surface area contributed by atoms with E-state index in [1.54, 1.807) is 0 Å². The molecule has 0 aromatic heterocycles. The van der Waals surface area contributed by atoms with Gasteiger partial charge in [-0.05, 0) is 110 Å². The first kappa shape index (κ1) is 49.7. The zero-order valence-electron chi connectivity index (χ0n) is 37.4. The second-order valence-corrected chi connectivity index (χ2v) is 17.3. The van der Waals surface area contributed by atoms with Crippen LogP contribution in [0.2, 0.25) is 0 Å². The van der Waals surface area contributed by atoms with Crippen molar-refractivity contribution >= 4 is 12.2 Å². The number of hydrogen-bond donors (Lipinski definition) is 0. The molecule has 0 N–H and O–H groups in total. The van der Waals surface area contributed by atoms with Crippen molar-refractivity contribution < 1.29 is 9.53 Å². The number of ether oxygens (including phenoxy) is 1. The molecule has 2 aliphatic heterocycles. The first-order valence-electron chi connectivity index (χ1n) is 24.6. The third kappa shape index (κ3) is 22.9.